The van der Waals surface area contributed by atoms with E-state index in [1.54, 1.807) is 0 Å². The summed E-state index contributed by atoms with van der Waals surface area (Å²) >= 11 is 0. The zero-order valence-corrected chi connectivity index (χ0v) is 13.4. The maximum atomic E-state index is 3.79. The van der Waals surface area contributed by atoms with Gasteiger partial charge in [-0.3, -0.25) is 4.90 Å². The van der Waals surface area contributed by atoms with E-state index in [9.17, 15) is 0 Å². The first kappa shape index (κ1) is 15.5. The van der Waals surface area contributed by atoms with Crippen molar-refractivity contribution in [3.05, 3.63) is 35.9 Å². The number of hydrogen-bond donors (Lipinski definition) is 1. The Kier molecular flexibility index (Phi) is 5.62. The summed E-state index contributed by atoms with van der Waals surface area (Å²) in [7, 11) is 0. The summed E-state index contributed by atoms with van der Waals surface area (Å²) in [5.41, 5.74) is 1.75. The van der Waals surface area contributed by atoms with Crippen molar-refractivity contribution in [2.24, 2.45) is 0 Å². The van der Waals surface area contributed by atoms with Gasteiger partial charge in [-0.2, -0.15) is 0 Å². The van der Waals surface area contributed by atoms with Crippen molar-refractivity contribution in [1.29, 1.82) is 0 Å². The van der Waals surface area contributed by atoms with Crippen molar-refractivity contribution in [2.45, 2.75) is 58.0 Å². The van der Waals surface area contributed by atoms with Crippen LogP contribution in [0.15, 0.2) is 30.3 Å². The molecule has 1 atom stereocenters. The molecule has 0 spiro atoms. The smallest absolute Gasteiger partial charge is 0.0507 e. The Bertz CT molecular complexity index is 378. The van der Waals surface area contributed by atoms with E-state index < -0.39 is 0 Å². The second-order valence-electron chi connectivity index (χ2n) is 5.88. The summed E-state index contributed by atoms with van der Waals surface area (Å²) in [6.45, 7) is 10.1. The highest BCUT2D eigenvalue weighted by atomic mass is 15.2. The Hall–Kier alpha value is -0.860. The predicted octanol–water partition coefficient (Wildman–Crippen LogP) is 3.99. The van der Waals surface area contributed by atoms with E-state index in [1.807, 2.05) is 0 Å². The quantitative estimate of drug-likeness (QED) is 0.808. The van der Waals surface area contributed by atoms with E-state index in [-0.39, 0.29) is 0 Å². The minimum absolute atomic E-state index is 0.306. The summed E-state index contributed by atoms with van der Waals surface area (Å²) in [5.74, 6) is 0. The second-order valence-corrected chi connectivity index (χ2v) is 5.88. The number of nitrogens with one attached hydrogen (secondary N) is 1. The van der Waals surface area contributed by atoms with Gasteiger partial charge in [0.15, 0.2) is 0 Å². The minimum atomic E-state index is 0.306. The average Bonchev–Trinajstić information content (AvgIpc) is 2.97. The number of rotatable bonds is 7. The summed E-state index contributed by atoms with van der Waals surface area (Å²) < 4.78 is 0. The summed E-state index contributed by atoms with van der Waals surface area (Å²) in [4.78, 5) is 2.69. The molecule has 1 unspecified atom stereocenters. The largest absolute Gasteiger partial charge is 0.309 e. The van der Waals surface area contributed by atoms with Crippen molar-refractivity contribution in [1.82, 2.24) is 10.2 Å². The number of hydrogen-bond acceptors (Lipinski definition) is 2. The lowest BCUT2D eigenvalue weighted by atomic mass is 9.81. The number of benzene rings is 1. The molecule has 2 heteroatoms. The Morgan fingerprint density at radius 2 is 1.65 bits per heavy atom. The molecular weight excluding hydrogens is 244 g/mol. The van der Waals surface area contributed by atoms with Crippen LogP contribution in [-0.4, -0.2) is 30.1 Å². The molecular formula is C18H30N2. The van der Waals surface area contributed by atoms with Crippen LogP contribution < -0.4 is 5.32 Å². The van der Waals surface area contributed by atoms with Gasteiger partial charge in [0, 0.05) is 5.54 Å². The van der Waals surface area contributed by atoms with Gasteiger partial charge in [-0.1, -0.05) is 63.9 Å². The average molecular weight is 274 g/mol. The molecule has 0 bridgehead atoms. The Labute approximate surface area is 124 Å². The third-order valence-electron chi connectivity index (χ3n) is 4.94. The fourth-order valence-corrected chi connectivity index (χ4v) is 4.10. The molecule has 1 saturated carbocycles. The molecule has 1 fully saturated rings. The topological polar surface area (TPSA) is 15.3 Å². The van der Waals surface area contributed by atoms with Gasteiger partial charge < -0.3 is 5.32 Å². The van der Waals surface area contributed by atoms with E-state index in [4.69, 9.17) is 0 Å². The maximum Gasteiger partial charge on any atom is 0.0507 e. The normalized spacial score (nSPS) is 19.4. The molecule has 0 aliphatic heterocycles. The standard InChI is InChI=1S/C18H30N2/c1-4-19-17(16-12-8-7-9-13-16)18(14-10-11-15-18)20(5-2)6-3/h7-9,12-13,17,19H,4-6,10-11,14-15H2,1-3H3. The molecule has 0 heterocycles. The zero-order valence-electron chi connectivity index (χ0n) is 13.4. The molecule has 1 aromatic carbocycles. The molecule has 1 aliphatic rings. The maximum absolute atomic E-state index is 3.79. The molecule has 1 aliphatic carbocycles. The van der Waals surface area contributed by atoms with Gasteiger partial charge in [0.05, 0.1) is 6.04 Å². The van der Waals surface area contributed by atoms with Gasteiger partial charge >= 0.3 is 0 Å². The highest BCUT2D eigenvalue weighted by molar-refractivity contribution is 5.24. The van der Waals surface area contributed by atoms with Gasteiger partial charge in [-0.25, -0.2) is 0 Å². The summed E-state index contributed by atoms with van der Waals surface area (Å²) in [6.07, 6.45) is 5.37. The first-order chi connectivity index (χ1) is 9.78. The van der Waals surface area contributed by atoms with Crippen LogP contribution in [0.5, 0.6) is 0 Å². The molecule has 0 aromatic heterocycles. The van der Waals surface area contributed by atoms with E-state index in [1.165, 1.54) is 31.2 Å². The molecule has 20 heavy (non-hydrogen) atoms. The van der Waals surface area contributed by atoms with Gasteiger partial charge in [-0.05, 0) is 38.0 Å². The van der Waals surface area contributed by atoms with Crippen molar-refractivity contribution < 1.29 is 0 Å². The zero-order chi connectivity index (χ0) is 14.4. The highest BCUT2D eigenvalue weighted by Crippen LogP contribution is 2.44. The Morgan fingerprint density at radius 3 is 2.15 bits per heavy atom. The van der Waals surface area contributed by atoms with Crippen LogP contribution in [0.3, 0.4) is 0 Å². The van der Waals surface area contributed by atoms with Crippen LogP contribution in [0.4, 0.5) is 0 Å². The van der Waals surface area contributed by atoms with E-state index in [0.29, 0.717) is 11.6 Å². The number of likely N-dealkylation sites (N-methyl/N-ethyl adjacent to an activating group) is 2. The fraction of sp³-hybridized carbons (Fsp3) is 0.667. The van der Waals surface area contributed by atoms with Crippen LogP contribution in [-0.2, 0) is 0 Å². The van der Waals surface area contributed by atoms with Gasteiger partial charge in [0.1, 0.15) is 0 Å². The minimum Gasteiger partial charge on any atom is -0.309 e. The van der Waals surface area contributed by atoms with E-state index >= 15 is 0 Å². The van der Waals surface area contributed by atoms with Crippen molar-refractivity contribution in [3.63, 3.8) is 0 Å². The van der Waals surface area contributed by atoms with Gasteiger partial charge in [-0.15, -0.1) is 0 Å². The van der Waals surface area contributed by atoms with E-state index in [0.717, 1.165) is 19.6 Å². The summed E-state index contributed by atoms with van der Waals surface area (Å²) in [5, 5.41) is 3.79. The van der Waals surface area contributed by atoms with Gasteiger partial charge in [0.25, 0.3) is 0 Å². The SMILES string of the molecule is CCNC(c1ccccc1)C1(N(CC)CC)CCCC1. The molecule has 0 amide bonds. The molecule has 0 radical (unpaired) electrons. The predicted molar refractivity (Wildman–Crippen MR) is 87.0 cm³/mol. The van der Waals surface area contributed by atoms with Crippen LogP contribution >= 0.6 is 0 Å². The van der Waals surface area contributed by atoms with E-state index in [2.05, 4.69) is 61.3 Å². The third-order valence-corrected chi connectivity index (χ3v) is 4.94. The van der Waals surface area contributed by atoms with Crippen LogP contribution in [0, 0.1) is 0 Å². The molecule has 1 aromatic rings. The fourth-order valence-electron chi connectivity index (χ4n) is 4.10. The van der Waals surface area contributed by atoms with Gasteiger partial charge in [0.2, 0.25) is 0 Å². The lowest BCUT2D eigenvalue weighted by Crippen LogP contribution is -2.55. The lowest BCUT2D eigenvalue weighted by Gasteiger charge is -2.47. The molecule has 0 saturated heterocycles. The molecule has 112 valence electrons. The molecule has 2 rings (SSSR count). The molecule has 1 N–H and O–H groups in total. The van der Waals surface area contributed by atoms with Crippen LogP contribution in [0.2, 0.25) is 0 Å². The third kappa shape index (κ3) is 2.91. The first-order valence-corrected chi connectivity index (χ1v) is 8.31. The van der Waals surface area contributed by atoms with Crippen molar-refractivity contribution in [2.75, 3.05) is 19.6 Å². The Morgan fingerprint density at radius 1 is 1.05 bits per heavy atom. The van der Waals surface area contributed by atoms with Crippen molar-refractivity contribution >= 4 is 0 Å². The first-order valence-electron chi connectivity index (χ1n) is 8.31. The molecule has 2 nitrogen and oxygen atoms in total. The number of nitrogens with zero attached hydrogens (tertiary/aromatic N) is 1. The summed E-state index contributed by atoms with van der Waals surface area (Å²) in [6, 6.07) is 11.5. The highest BCUT2D eigenvalue weighted by Gasteiger charge is 2.45. The van der Waals surface area contributed by atoms with Crippen LogP contribution in [0.1, 0.15) is 58.1 Å². The second kappa shape index (κ2) is 7.24. The Balaban J connectivity index is 2.37. The monoisotopic (exact) mass is 274 g/mol. The van der Waals surface area contributed by atoms with Crippen molar-refractivity contribution in [3.8, 4) is 0 Å². The lowest BCUT2D eigenvalue weighted by molar-refractivity contribution is 0.0632. The van der Waals surface area contributed by atoms with Crippen LogP contribution in [0.25, 0.3) is 0 Å².